The van der Waals surface area contributed by atoms with Gasteiger partial charge in [0.05, 0.1) is 0 Å². The van der Waals surface area contributed by atoms with Gasteiger partial charge in [0, 0.05) is 13.0 Å². The Morgan fingerprint density at radius 3 is 2.71 bits per heavy atom. The first-order chi connectivity index (χ1) is 8.33. The molecule has 1 atom stereocenters. The van der Waals surface area contributed by atoms with Crippen molar-refractivity contribution in [2.24, 2.45) is 5.92 Å². The van der Waals surface area contributed by atoms with Gasteiger partial charge in [0.25, 0.3) is 0 Å². The molecule has 0 aromatic rings. The van der Waals surface area contributed by atoms with Gasteiger partial charge in [-0.1, -0.05) is 39.0 Å². The second-order valence-electron chi connectivity index (χ2n) is 5.18. The average Bonchev–Trinajstić information content (AvgIpc) is 2.80. The van der Waals surface area contributed by atoms with Crippen molar-refractivity contribution in [3.63, 3.8) is 0 Å². The molecule has 2 N–H and O–H groups in total. The van der Waals surface area contributed by atoms with Gasteiger partial charge in [-0.3, -0.25) is 4.79 Å². The molecule has 1 rings (SSSR count). The van der Waals surface area contributed by atoms with Gasteiger partial charge in [-0.25, -0.2) is 0 Å². The van der Waals surface area contributed by atoms with Gasteiger partial charge < -0.3 is 10.6 Å². The molecule has 1 amide bonds. The molecular weight excluding hydrogens is 212 g/mol. The molecule has 0 aromatic heterocycles. The topological polar surface area (TPSA) is 41.1 Å². The second-order valence-corrected chi connectivity index (χ2v) is 5.18. The molecule has 3 nitrogen and oxygen atoms in total. The van der Waals surface area contributed by atoms with Crippen LogP contribution in [0.25, 0.3) is 0 Å². The molecule has 1 heterocycles. The van der Waals surface area contributed by atoms with Gasteiger partial charge in [0.2, 0.25) is 5.91 Å². The zero-order valence-corrected chi connectivity index (χ0v) is 11.3. The van der Waals surface area contributed by atoms with E-state index in [4.69, 9.17) is 0 Å². The van der Waals surface area contributed by atoms with E-state index in [-0.39, 0.29) is 5.91 Å². The fourth-order valence-corrected chi connectivity index (χ4v) is 2.36. The summed E-state index contributed by atoms with van der Waals surface area (Å²) >= 11 is 0. The first-order valence-corrected chi connectivity index (χ1v) is 7.30. The first kappa shape index (κ1) is 14.5. The van der Waals surface area contributed by atoms with E-state index in [0.29, 0.717) is 12.3 Å². The maximum Gasteiger partial charge on any atom is 0.220 e. The largest absolute Gasteiger partial charge is 0.356 e. The number of rotatable bonds is 9. The lowest BCUT2D eigenvalue weighted by Gasteiger charge is -2.08. The number of hydrogen-bond acceptors (Lipinski definition) is 2. The highest BCUT2D eigenvalue weighted by Crippen LogP contribution is 2.11. The van der Waals surface area contributed by atoms with Crippen molar-refractivity contribution in [1.29, 1.82) is 0 Å². The molecule has 3 heteroatoms. The highest BCUT2D eigenvalue weighted by atomic mass is 16.1. The van der Waals surface area contributed by atoms with Crippen molar-refractivity contribution in [2.45, 2.75) is 58.3 Å². The zero-order chi connectivity index (χ0) is 12.3. The summed E-state index contributed by atoms with van der Waals surface area (Å²) in [5.41, 5.74) is 0. The lowest BCUT2D eigenvalue weighted by Crippen LogP contribution is -2.27. The summed E-state index contributed by atoms with van der Waals surface area (Å²) in [6, 6.07) is 0. The Balaban J connectivity index is 1.86. The van der Waals surface area contributed by atoms with Crippen molar-refractivity contribution in [1.82, 2.24) is 10.6 Å². The van der Waals surface area contributed by atoms with Crippen molar-refractivity contribution in [2.75, 3.05) is 19.6 Å². The summed E-state index contributed by atoms with van der Waals surface area (Å²) < 4.78 is 0. The summed E-state index contributed by atoms with van der Waals surface area (Å²) in [5, 5.41) is 6.33. The maximum atomic E-state index is 11.6. The SMILES string of the molecule is CCCCCCCCNC(=O)CC1CCNC1. The Morgan fingerprint density at radius 2 is 2.00 bits per heavy atom. The van der Waals surface area contributed by atoms with Crippen LogP contribution in [0, 0.1) is 5.92 Å². The Bertz CT molecular complexity index is 200. The van der Waals surface area contributed by atoms with Crippen LogP contribution >= 0.6 is 0 Å². The van der Waals surface area contributed by atoms with Gasteiger partial charge in [0.15, 0.2) is 0 Å². The highest BCUT2D eigenvalue weighted by Gasteiger charge is 2.17. The van der Waals surface area contributed by atoms with E-state index < -0.39 is 0 Å². The number of amides is 1. The van der Waals surface area contributed by atoms with Crippen molar-refractivity contribution in [3.8, 4) is 0 Å². The lowest BCUT2D eigenvalue weighted by molar-refractivity contribution is -0.121. The minimum atomic E-state index is 0.243. The molecule has 0 bridgehead atoms. The molecule has 0 aliphatic carbocycles. The van der Waals surface area contributed by atoms with Crippen LogP contribution in [0.2, 0.25) is 0 Å². The number of nitrogens with one attached hydrogen (secondary N) is 2. The van der Waals surface area contributed by atoms with E-state index in [1.807, 2.05) is 0 Å². The molecule has 17 heavy (non-hydrogen) atoms. The summed E-state index contributed by atoms with van der Waals surface area (Å²) in [6.07, 6.45) is 9.57. The van der Waals surface area contributed by atoms with Crippen LogP contribution in [-0.4, -0.2) is 25.5 Å². The molecular formula is C14H28N2O. The Kier molecular flexibility index (Phi) is 8.06. The Morgan fingerprint density at radius 1 is 1.24 bits per heavy atom. The van der Waals surface area contributed by atoms with Crippen LogP contribution in [0.5, 0.6) is 0 Å². The standard InChI is InChI=1S/C14H28N2O/c1-2-3-4-5-6-7-9-16-14(17)11-13-8-10-15-12-13/h13,15H,2-12H2,1H3,(H,16,17). The second kappa shape index (κ2) is 9.46. The summed E-state index contributed by atoms with van der Waals surface area (Å²) in [4.78, 5) is 11.6. The molecule has 1 fully saturated rings. The Hall–Kier alpha value is -0.570. The number of carbonyl (C=O) groups is 1. The number of hydrogen-bond donors (Lipinski definition) is 2. The number of unbranched alkanes of at least 4 members (excludes halogenated alkanes) is 5. The molecule has 1 aliphatic heterocycles. The molecule has 0 aromatic carbocycles. The van der Waals surface area contributed by atoms with Crippen molar-refractivity contribution < 1.29 is 4.79 Å². The summed E-state index contributed by atoms with van der Waals surface area (Å²) in [6.45, 7) is 5.20. The normalized spacial score (nSPS) is 19.5. The van der Waals surface area contributed by atoms with E-state index >= 15 is 0 Å². The molecule has 100 valence electrons. The summed E-state index contributed by atoms with van der Waals surface area (Å²) in [7, 11) is 0. The predicted molar refractivity (Wildman–Crippen MR) is 72.0 cm³/mol. The first-order valence-electron chi connectivity index (χ1n) is 7.30. The van der Waals surface area contributed by atoms with Gasteiger partial charge in [-0.05, 0) is 31.8 Å². The van der Waals surface area contributed by atoms with Gasteiger partial charge >= 0.3 is 0 Å². The van der Waals surface area contributed by atoms with Crippen molar-refractivity contribution in [3.05, 3.63) is 0 Å². The van der Waals surface area contributed by atoms with Gasteiger partial charge in [-0.2, -0.15) is 0 Å². The average molecular weight is 240 g/mol. The van der Waals surface area contributed by atoms with E-state index in [0.717, 1.165) is 32.5 Å². The van der Waals surface area contributed by atoms with Crippen molar-refractivity contribution >= 4 is 5.91 Å². The van der Waals surface area contributed by atoms with E-state index in [1.54, 1.807) is 0 Å². The molecule has 1 aliphatic rings. The van der Waals surface area contributed by atoms with Gasteiger partial charge in [-0.15, -0.1) is 0 Å². The van der Waals surface area contributed by atoms with Crippen LogP contribution in [0.1, 0.15) is 58.3 Å². The van der Waals surface area contributed by atoms with Gasteiger partial charge in [0.1, 0.15) is 0 Å². The summed E-state index contributed by atoms with van der Waals surface area (Å²) in [5.74, 6) is 0.812. The lowest BCUT2D eigenvalue weighted by atomic mass is 10.0. The zero-order valence-electron chi connectivity index (χ0n) is 11.3. The quantitative estimate of drug-likeness (QED) is 0.608. The fraction of sp³-hybridized carbons (Fsp3) is 0.929. The minimum absolute atomic E-state index is 0.243. The predicted octanol–water partition coefficient (Wildman–Crippen LogP) is 2.46. The molecule has 0 spiro atoms. The smallest absolute Gasteiger partial charge is 0.220 e. The van der Waals surface area contributed by atoms with Crippen LogP contribution in [0.15, 0.2) is 0 Å². The molecule has 1 saturated heterocycles. The number of carbonyl (C=O) groups excluding carboxylic acids is 1. The van der Waals surface area contributed by atoms with E-state index in [9.17, 15) is 4.79 Å². The minimum Gasteiger partial charge on any atom is -0.356 e. The third-order valence-electron chi connectivity index (χ3n) is 3.49. The third kappa shape index (κ3) is 7.37. The van der Waals surface area contributed by atoms with Crippen LogP contribution in [0.3, 0.4) is 0 Å². The van der Waals surface area contributed by atoms with E-state index in [1.165, 1.54) is 32.1 Å². The third-order valence-corrected chi connectivity index (χ3v) is 3.49. The molecule has 1 unspecified atom stereocenters. The molecule has 0 radical (unpaired) electrons. The Labute approximate surface area is 106 Å². The maximum absolute atomic E-state index is 11.6. The van der Waals surface area contributed by atoms with Crippen LogP contribution in [-0.2, 0) is 4.79 Å². The monoisotopic (exact) mass is 240 g/mol. The highest BCUT2D eigenvalue weighted by molar-refractivity contribution is 5.76. The van der Waals surface area contributed by atoms with E-state index in [2.05, 4.69) is 17.6 Å². The molecule has 0 saturated carbocycles. The fourth-order valence-electron chi connectivity index (χ4n) is 2.36. The van der Waals surface area contributed by atoms with Crippen LogP contribution in [0.4, 0.5) is 0 Å². The van der Waals surface area contributed by atoms with Crippen LogP contribution < -0.4 is 10.6 Å².